The minimum atomic E-state index is -4.22. The number of hydrogen-bond donors (Lipinski definition) is 1. The average Bonchev–Trinajstić information content (AvgIpc) is 2.37. The first-order chi connectivity index (χ1) is 7.70. The van der Waals surface area contributed by atoms with Crippen LogP contribution < -0.4 is 5.32 Å². The van der Waals surface area contributed by atoms with Crippen LogP contribution in [0.3, 0.4) is 0 Å². The third-order valence-corrected chi connectivity index (χ3v) is 3.25. The predicted molar refractivity (Wildman–Crippen MR) is 60.8 cm³/mol. The van der Waals surface area contributed by atoms with Crippen molar-refractivity contribution in [3.63, 3.8) is 0 Å². The van der Waals surface area contributed by atoms with Crippen molar-refractivity contribution in [3.8, 4) is 0 Å². The highest BCUT2D eigenvalue weighted by molar-refractivity contribution is 4.90. The van der Waals surface area contributed by atoms with E-state index in [-0.39, 0.29) is 6.61 Å². The molecule has 1 aliphatic rings. The molecule has 0 saturated heterocycles. The number of rotatable bonds is 5. The van der Waals surface area contributed by atoms with Crippen LogP contribution in [-0.2, 0) is 4.74 Å². The van der Waals surface area contributed by atoms with Crippen molar-refractivity contribution in [2.45, 2.75) is 45.8 Å². The van der Waals surface area contributed by atoms with Crippen LogP contribution >= 0.6 is 0 Å². The van der Waals surface area contributed by atoms with Gasteiger partial charge in [-0.3, -0.25) is 0 Å². The normalized spacial score (nSPS) is 28.6. The Morgan fingerprint density at radius 3 is 2.41 bits per heavy atom. The predicted octanol–water partition coefficient (Wildman–Crippen LogP) is 2.98. The molecule has 0 aliphatic heterocycles. The van der Waals surface area contributed by atoms with Gasteiger partial charge in [-0.25, -0.2) is 0 Å². The summed E-state index contributed by atoms with van der Waals surface area (Å²) in [5.74, 6) is 0.576. The Hall–Kier alpha value is -0.290. The quantitative estimate of drug-likeness (QED) is 0.761. The minimum absolute atomic E-state index is 0.114. The van der Waals surface area contributed by atoms with E-state index >= 15 is 0 Å². The second kappa shape index (κ2) is 5.57. The highest BCUT2D eigenvalue weighted by atomic mass is 19.4. The van der Waals surface area contributed by atoms with Crippen LogP contribution in [0.2, 0.25) is 0 Å². The molecule has 0 aromatic carbocycles. The molecule has 1 aliphatic carbocycles. The van der Waals surface area contributed by atoms with Crippen molar-refractivity contribution in [1.82, 2.24) is 5.32 Å². The van der Waals surface area contributed by atoms with E-state index in [9.17, 15) is 13.2 Å². The van der Waals surface area contributed by atoms with E-state index in [0.29, 0.717) is 23.9 Å². The van der Waals surface area contributed by atoms with E-state index < -0.39 is 12.8 Å². The van der Waals surface area contributed by atoms with Gasteiger partial charge in [-0.05, 0) is 24.2 Å². The molecule has 1 saturated carbocycles. The fourth-order valence-electron chi connectivity index (χ4n) is 2.67. The van der Waals surface area contributed by atoms with Crippen LogP contribution in [0.15, 0.2) is 0 Å². The fourth-order valence-corrected chi connectivity index (χ4v) is 2.67. The summed E-state index contributed by atoms with van der Waals surface area (Å²) in [5, 5.41) is 3.28. The van der Waals surface area contributed by atoms with Crippen molar-refractivity contribution in [3.05, 3.63) is 0 Å². The molecule has 17 heavy (non-hydrogen) atoms. The number of halogens is 3. The van der Waals surface area contributed by atoms with E-state index in [1.54, 1.807) is 0 Å². The molecule has 0 amide bonds. The maximum Gasteiger partial charge on any atom is 0.411 e. The van der Waals surface area contributed by atoms with Gasteiger partial charge >= 0.3 is 6.18 Å². The van der Waals surface area contributed by atoms with Gasteiger partial charge in [0, 0.05) is 12.6 Å². The number of nitrogens with one attached hydrogen (secondary N) is 1. The molecule has 0 aromatic rings. The maximum absolute atomic E-state index is 11.8. The average molecular weight is 253 g/mol. The molecule has 2 nitrogen and oxygen atoms in total. The van der Waals surface area contributed by atoms with Crippen molar-refractivity contribution in [1.29, 1.82) is 0 Å². The van der Waals surface area contributed by atoms with E-state index in [4.69, 9.17) is 0 Å². The molecule has 1 rings (SSSR count). The van der Waals surface area contributed by atoms with Crippen LogP contribution in [0.1, 0.15) is 33.6 Å². The van der Waals surface area contributed by atoms with Gasteiger partial charge < -0.3 is 10.1 Å². The summed E-state index contributed by atoms with van der Waals surface area (Å²) in [6.07, 6.45) is -1.98. The zero-order valence-corrected chi connectivity index (χ0v) is 10.7. The summed E-state index contributed by atoms with van der Waals surface area (Å²) in [4.78, 5) is 0. The van der Waals surface area contributed by atoms with Crippen molar-refractivity contribution < 1.29 is 17.9 Å². The molecule has 2 atom stereocenters. The Morgan fingerprint density at radius 2 is 1.94 bits per heavy atom. The molecule has 1 fully saturated rings. The molecule has 0 radical (unpaired) electrons. The van der Waals surface area contributed by atoms with Gasteiger partial charge in [0.05, 0.1) is 6.61 Å². The number of hydrogen-bond acceptors (Lipinski definition) is 2. The minimum Gasteiger partial charge on any atom is -0.371 e. The molecule has 0 bridgehead atoms. The molecular formula is C12H22F3NO. The first-order valence-corrected chi connectivity index (χ1v) is 6.07. The lowest BCUT2D eigenvalue weighted by molar-refractivity contribution is -0.173. The Bertz CT molecular complexity index is 240. The highest BCUT2D eigenvalue weighted by Crippen LogP contribution is 2.40. The molecule has 0 aromatic heterocycles. The van der Waals surface area contributed by atoms with Crippen molar-refractivity contribution >= 4 is 0 Å². The van der Waals surface area contributed by atoms with Crippen LogP contribution in [0.25, 0.3) is 0 Å². The van der Waals surface area contributed by atoms with E-state index in [2.05, 4.69) is 30.8 Å². The molecule has 102 valence electrons. The van der Waals surface area contributed by atoms with Crippen LogP contribution in [0.4, 0.5) is 13.2 Å². The Morgan fingerprint density at radius 1 is 1.29 bits per heavy atom. The topological polar surface area (TPSA) is 21.3 Å². The molecule has 2 unspecified atom stereocenters. The second-order valence-corrected chi connectivity index (χ2v) is 5.78. The largest absolute Gasteiger partial charge is 0.411 e. The second-order valence-electron chi connectivity index (χ2n) is 5.78. The van der Waals surface area contributed by atoms with Crippen molar-refractivity contribution in [2.75, 3.05) is 19.8 Å². The number of ether oxygens (including phenoxy) is 1. The van der Waals surface area contributed by atoms with E-state index in [1.165, 1.54) is 0 Å². The molecule has 5 heteroatoms. The summed E-state index contributed by atoms with van der Waals surface area (Å²) in [5.41, 5.74) is 0.337. The third kappa shape index (κ3) is 5.73. The Kier molecular flexibility index (Phi) is 4.84. The Balaban J connectivity index is 2.12. The van der Waals surface area contributed by atoms with Crippen LogP contribution in [0.5, 0.6) is 0 Å². The SMILES string of the molecule is CC1CC(C)(C)CC1NCCOCC(F)(F)F. The van der Waals surface area contributed by atoms with Crippen molar-refractivity contribution in [2.24, 2.45) is 11.3 Å². The maximum atomic E-state index is 11.8. The first-order valence-electron chi connectivity index (χ1n) is 6.07. The lowest BCUT2D eigenvalue weighted by Crippen LogP contribution is -2.34. The van der Waals surface area contributed by atoms with Gasteiger partial charge in [-0.15, -0.1) is 0 Å². The lowest BCUT2D eigenvalue weighted by Gasteiger charge is -2.18. The summed E-state index contributed by atoms with van der Waals surface area (Å²) in [7, 11) is 0. The first kappa shape index (κ1) is 14.8. The smallest absolute Gasteiger partial charge is 0.371 e. The zero-order chi connectivity index (χ0) is 13.1. The summed E-state index contributed by atoms with van der Waals surface area (Å²) < 4.78 is 40.0. The zero-order valence-electron chi connectivity index (χ0n) is 10.7. The van der Waals surface area contributed by atoms with E-state index in [0.717, 1.165) is 12.8 Å². The van der Waals surface area contributed by atoms with Gasteiger partial charge in [0.1, 0.15) is 6.61 Å². The lowest BCUT2D eigenvalue weighted by atomic mass is 9.91. The molecule has 0 heterocycles. The molecule has 0 spiro atoms. The van der Waals surface area contributed by atoms with Gasteiger partial charge in [-0.1, -0.05) is 20.8 Å². The number of alkyl halides is 3. The van der Waals surface area contributed by atoms with Gasteiger partial charge in [0.15, 0.2) is 0 Å². The summed E-state index contributed by atoms with van der Waals surface area (Å²) in [6, 6.07) is 0.402. The molecular weight excluding hydrogens is 231 g/mol. The standard InChI is InChI=1S/C12H22F3NO/c1-9-6-11(2,3)7-10(9)16-4-5-17-8-12(13,14)15/h9-10,16H,4-8H2,1-3H3. The summed E-state index contributed by atoms with van der Waals surface area (Å²) in [6.45, 7) is 6.09. The van der Waals surface area contributed by atoms with Crippen LogP contribution in [-0.4, -0.2) is 32.0 Å². The van der Waals surface area contributed by atoms with Gasteiger partial charge in [0.2, 0.25) is 0 Å². The van der Waals surface area contributed by atoms with Gasteiger partial charge in [-0.2, -0.15) is 13.2 Å². The monoisotopic (exact) mass is 253 g/mol. The Labute approximate surface area is 101 Å². The highest BCUT2D eigenvalue weighted by Gasteiger charge is 2.36. The third-order valence-electron chi connectivity index (χ3n) is 3.25. The van der Waals surface area contributed by atoms with E-state index in [1.807, 2.05) is 0 Å². The fraction of sp³-hybridized carbons (Fsp3) is 1.00. The molecule has 1 N–H and O–H groups in total. The van der Waals surface area contributed by atoms with Gasteiger partial charge in [0.25, 0.3) is 0 Å². The van der Waals surface area contributed by atoms with Crippen LogP contribution in [0, 0.1) is 11.3 Å². The summed E-state index contributed by atoms with van der Waals surface area (Å²) >= 11 is 0.